The Morgan fingerprint density at radius 2 is 1.64 bits per heavy atom. The summed E-state index contributed by atoms with van der Waals surface area (Å²) in [6, 6.07) is 0. The van der Waals surface area contributed by atoms with Gasteiger partial charge in [0.1, 0.15) is 12.2 Å². The molecule has 0 rings (SSSR count). The van der Waals surface area contributed by atoms with Crippen LogP contribution >= 0.6 is 0 Å². The fraction of sp³-hybridized carbons (Fsp3) is 0.818. The van der Waals surface area contributed by atoms with Crippen molar-refractivity contribution in [3.05, 3.63) is 0 Å². The van der Waals surface area contributed by atoms with Gasteiger partial charge in [-0.05, 0) is 20.8 Å². The Kier molecular flexibility index (Phi) is 7.50. The highest BCUT2D eigenvalue weighted by atomic mass is 16.6. The van der Waals surface area contributed by atoms with Crippen LogP contribution in [0.2, 0.25) is 0 Å². The summed E-state index contributed by atoms with van der Waals surface area (Å²) in [4.78, 5) is 0. The van der Waals surface area contributed by atoms with Gasteiger partial charge in [0, 0.05) is 13.2 Å². The number of terminal acetylenes is 1. The molecule has 0 saturated heterocycles. The molecule has 0 N–H and O–H groups in total. The van der Waals surface area contributed by atoms with Crippen LogP contribution in [0.3, 0.4) is 0 Å². The van der Waals surface area contributed by atoms with Gasteiger partial charge in [-0.25, -0.2) is 0 Å². The van der Waals surface area contributed by atoms with Gasteiger partial charge in [-0.1, -0.05) is 5.92 Å². The zero-order valence-electron chi connectivity index (χ0n) is 9.34. The molecule has 0 heterocycles. The van der Waals surface area contributed by atoms with Crippen LogP contribution in [0.1, 0.15) is 20.8 Å². The van der Waals surface area contributed by atoms with Gasteiger partial charge >= 0.3 is 0 Å². The lowest BCUT2D eigenvalue weighted by atomic mass is 10.1. The predicted octanol–water partition coefficient (Wildman–Crippen LogP) is 1.47. The van der Waals surface area contributed by atoms with E-state index in [2.05, 4.69) is 5.92 Å². The van der Waals surface area contributed by atoms with Crippen LogP contribution in [-0.4, -0.2) is 38.6 Å². The van der Waals surface area contributed by atoms with Crippen molar-refractivity contribution >= 4 is 0 Å². The number of rotatable bonds is 8. The van der Waals surface area contributed by atoms with Gasteiger partial charge in [0.2, 0.25) is 0 Å². The summed E-state index contributed by atoms with van der Waals surface area (Å²) in [5.41, 5.74) is -0.432. The van der Waals surface area contributed by atoms with E-state index >= 15 is 0 Å². The first-order valence-electron chi connectivity index (χ1n) is 4.91. The van der Waals surface area contributed by atoms with Crippen molar-refractivity contribution < 1.29 is 14.2 Å². The Morgan fingerprint density at radius 1 is 1.14 bits per heavy atom. The van der Waals surface area contributed by atoms with E-state index in [0.717, 1.165) is 0 Å². The molecule has 0 fully saturated rings. The summed E-state index contributed by atoms with van der Waals surface area (Å²) in [6.45, 7) is 8.47. The molecule has 0 aliphatic rings. The van der Waals surface area contributed by atoms with E-state index in [0.29, 0.717) is 26.4 Å². The molecule has 0 aromatic carbocycles. The third-order valence-electron chi connectivity index (χ3n) is 1.73. The lowest BCUT2D eigenvalue weighted by Gasteiger charge is -2.28. The van der Waals surface area contributed by atoms with Gasteiger partial charge < -0.3 is 14.2 Å². The summed E-state index contributed by atoms with van der Waals surface area (Å²) in [6.07, 6.45) is 5.14. The highest BCUT2D eigenvalue weighted by molar-refractivity contribution is 4.86. The smallest absolute Gasteiger partial charge is 0.113 e. The summed E-state index contributed by atoms with van der Waals surface area (Å²) in [7, 11) is 0. The molecule has 0 unspecified atom stereocenters. The summed E-state index contributed by atoms with van der Waals surface area (Å²) >= 11 is 0. The van der Waals surface area contributed by atoms with E-state index in [1.807, 2.05) is 20.8 Å². The molecule has 0 aliphatic heterocycles. The van der Waals surface area contributed by atoms with Gasteiger partial charge in [0.15, 0.2) is 0 Å². The fourth-order valence-corrected chi connectivity index (χ4v) is 0.977. The molecule has 14 heavy (non-hydrogen) atoms. The average molecular weight is 200 g/mol. The normalized spacial score (nSPS) is 11.3. The minimum Gasteiger partial charge on any atom is -0.379 e. The molecule has 82 valence electrons. The van der Waals surface area contributed by atoms with Crippen molar-refractivity contribution in [1.82, 2.24) is 0 Å². The predicted molar refractivity (Wildman–Crippen MR) is 56.2 cm³/mol. The maximum Gasteiger partial charge on any atom is 0.113 e. The number of hydrogen-bond acceptors (Lipinski definition) is 3. The van der Waals surface area contributed by atoms with Gasteiger partial charge in [-0.15, -0.1) is 6.42 Å². The second kappa shape index (κ2) is 7.81. The van der Waals surface area contributed by atoms with E-state index in [1.165, 1.54) is 0 Å². The van der Waals surface area contributed by atoms with Crippen LogP contribution in [0.5, 0.6) is 0 Å². The van der Waals surface area contributed by atoms with Crippen LogP contribution in [-0.2, 0) is 14.2 Å². The Hall–Kier alpha value is -0.560. The third kappa shape index (κ3) is 5.98. The lowest BCUT2D eigenvalue weighted by Crippen LogP contribution is -2.39. The minimum absolute atomic E-state index is 0.288. The van der Waals surface area contributed by atoms with Crippen LogP contribution < -0.4 is 0 Å². The van der Waals surface area contributed by atoms with Gasteiger partial charge in [-0.2, -0.15) is 0 Å². The van der Waals surface area contributed by atoms with Gasteiger partial charge in [0.25, 0.3) is 0 Å². The standard InChI is InChI=1S/C11H20O3/c1-5-8-14-11(4,9-12-6-2)10-13-7-3/h1H,6-10H2,2-4H3. The molecule has 0 spiro atoms. The van der Waals surface area contributed by atoms with E-state index in [9.17, 15) is 0 Å². The Balaban J connectivity index is 3.97. The first kappa shape index (κ1) is 13.4. The molecule has 0 bridgehead atoms. The number of hydrogen-bond donors (Lipinski definition) is 0. The molecule has 0 saturated carbocycles. The maximum absolute atomic E-state index is 5.50. The van der Waals surface area contributed by atoms with Crippen LogP contribution in [0.25, 0.3) is 0 Å². The average Bonchev–Trinajstić information content (AvgIpc) is 2.21. The first-order chi connectivity index (χ1) is 6.68. The molecule has 3 heteroatoms. The molecular weight excluding hydrogens is 180 g/mol. The summed E-state index contributed by atoms with van der Waals surface area (Å²) in [5.74, 6) is 2.44. The van der Waals surface area contributed by atoms with Gasteiger partial charge in [0.05, 0.1) is 13.2 Å². The van der Waals surface area contributed by atoms with Crippen molar-refractivity contribution in [2.75, 3.05) is 33.0 Å². The van der Waals surface area contributed by atoms with Gasteiger partial charge in [-0.3, -0.25) is 0 Å². The second-order valence-corrected chi connectivity index (χ2v) is 3.22. The van der Waals surface area contributed by atoms with E-state index in [4.69, 9.17) is 20.6 Å². The lowest BCUT2D eigenvalue weighted by molar-refractivity contribution is -0.114. The molecule has 0 atom stereocenters. The zero-order chi connectivity index (χ0) is 10.9. The molecule has 0 aromatic heterocycles. The quantitative estimate of drug-likeness (QED) is 0.555. The Morgan fingerprint density at radius 3 is 2.00 bits per heavy atom. The molecule has 0 amide bonds. The third-order valence-corrected chi connectivity index (χ3v) is 1.73. The van der Waals surface area contributed by atoms with Crippen molar-refractivity contribution in [2.24, 2.45) is 0 Å². The molecule has 0 aromatic rings. The molecular formula is C11H20O3. The number of ether oxygens (including phenoxy) is 3. The minimum atomic E-state index is -0.432. The Labute approximate surface area is 86.7 Å². The maximum atomic E-state index is 5.50. The SMILES string of the molecule is C#CCOC(C)(COCC)COCC. The highest BCUT2D eigenvalue weighted by Gasteiger charge is 2.25. The van der Waals surface area contributed by atoms with E-state index in [1.54, 1.807) is 0 Å². The second-order valence-electron chi connectivity index (χ2n) is 3.22. The van der Waals surface area contributed by atoms with Crippen LogP contribution in [0, 0.1) is 12.3 Å². The highest BCUT2D eigenvalue weighted by Crippen LogP contribution is 2.11. The summed E-state index contributed by atoms with van der Waals surface area (Å²) in [5, 5.41) is 0. The first-order valence-corrected chi connectivity index (χ1v) is 4.91. The van der Waals surface area contributed by atoms with E-state index < -0.39 is 5.60 Å². The fourth-order valence-electron chi connectivity index (χ4n) is 0.977. The van der Waals surface area contributed by atoms with Crippen molar-refractivity contribution in [1.29, 1.82) is 0 Å². The largest absolute Gasteiger partial charge is 0.379 e. The van der Waals surface area contributed by atoms with Crippen LogP contribution in [0.4, 0.5) is 0 Å². The van der Waals surface area contributed by atoms with Crippen LogP contribution in [0.15, 0.2) is 0 Å². The van der Waals surface area contributed by atoms with Crippen molar-refractivity contribution in [2.45, 2.75) is 26.4 Å². The Bertz CT molecular complexity index is 164. The van der Waals surface area contributed by atoms with E-state index in [-0.39, 0.29) is 6.61 Å². The zero-order valence-corrected chi connectivity index (χ0v) is 9.34. The molecule has 0 aliphatic carbocycles. The topological polar surface area (TPSA) is 27.7 Å². The van der Waals surface area contributed by atoms with Crippen molar-refractivity contribution in [3.63, 3.8) is 0 Å². The molecule has 0 radical (unpaired) electrons. The molecule has 3 nitrogen and oxygen atoms in total. The monoisotopic (exact) mass is 200 g/mol. The van der Waals surface area contributed by atoms with Crippen molar-refractivity contribution in [3.8, 4) is 12.3 Å². The summed E-state index contributed by atoms with van der Waals surface area (Å²) < 4.78 is 16.1.